The molecule has 6 heteroatoms. The SMILES string of the molecule is Cl.O=C(NCCC1CCCNC1)c1c(F)cccc1F. The summed E-state index contributed by atoms with van der Waals surface area (Å²) in [6.07, 6.45) is 3.10. The van der Waals surface area contributed by atoms with Crippen LogP contribution in [0.1, 0.15) is 29.6 Å². The molecule has 2 N–H and O–H groups in total. The zero-order valence-corrected chi connectivity index (χ0v) is 11.9. The number of benzene rings is 1. The Hall–Kier alpha value is -1.20. The molecular formula is C14H19ClF2N2O. The van der Waals surface area contributed by atoms with Gasteiger partial charge in [-0.2, -0.15) is 0 Å². The molecule has 1 heterocycles. The Morgan fingerprint density at radius 1 is 1.35 bits per heavy atom. The first kappa shape index (κ1) is 16.9. The van der Waals surface area contributed by atoms with Crippen LogP contribution < -0.4 is 10.6 Å². The maximum Gasteiger partial charge on any atom is 0.257 e. The van der Waals surface area contributed by atoms with E-state index < -0.39 is 23.1 Å². The normalized spacial score (nSPS) is 18.2. The molecule has 1 aliphatic heterocycles. The lowest BCUT2D eigenvalue weighted by Gasteiger charge is -2.22. The van der Waals surface area contributed by atoms with Gasteiger partial charge in [-0.25, -0.2) is 8.78 Å². The first-order valence-corrected chi connectivity index (χ1v) is 6.61. The molecule has 1 unspecified atom stereocenters. The van der Waals surface area contributed by atoms with Gasteiger partial charge in [-0.15, -0.1) is 12.4 Å². The van der Waals surface area contributed by atoms with E-state index in [9.17, 15) is 13.6 Å². The second-order valence-corrected chi connectivity index (χ2v) is 4.85. The highest BCUT2D eigenvalue weighted by Gasteiger charge is 2.17. The van der Waals surface area contributed by atoms with Gasteiger partial charge in [0.25, 0.3) is 5.91 Å². The fraction of sp³-hybridized carbons (Fsp3) is 0.500. The zero-order chi connectivity index (χ0) is 13.7. The Balaban J connectivity index is 0.00000200. The van der Waals surface area contributed by atoms with Crippen LogP contribution in [0.25, 0.3) is 0 Å². The molecule has 0 spiro atoms. The summed E-state index contributed by atoms with van der Waals surface area (Å²) in [6.45, 7) is 2.44. The zero-order valence-electron chi connectivity index (χ0n) is 11.1. The molecule has 1 aliphatic rings. The molecule has 0 bridgehead atoms. The summed E-state index contributed by atoms with van der Waals surface area (Å²) in [5.41, 5.74) is -0.496. The van der Waals surface area contributed by atoms with Crippen molar-refractivity contribution in [2.45, 2.75) is 19.3 Å². The predicted octanol–water partition coefficient (Wildman–Crippen LogP) is 2.51. The Morgan fingerprint density at radius 2 is 2.05 bits per heavy atom. The van der Waals surface area contributed by atoms with Gasteiger partial charge >= 0.3 is 0 Å². The Morgan fingerprint density at radius 3 is 2.65 bits per heavy atom. The van der Waals surface area contributed by atoms with Crippen LogP contribution in [0.5, 0.6) is 0 Å². The lowest BCUT2D eigenvalue weighted by atomic mass is 9.96. The van der Waals surface area contributed by atoms with E-state index in [4.69, 9.17) is 0 Å². The van der Waals surface area contributed by atoms with E-state index in [1.54, 1.807) is 0 Å². The third-order valence-corrected chi connectivity index (χ3v) is 3.43. The standard InChI is InChI=1S/C14H18F2N2O.ClH/c15-11-4-1-5-12(16)13(11)14(19)18-8-6-10-3-2-7-17-9-10;/h1,4-5,10,17H,2-3,6-9H2,(H,18,19);1H. The second-order valence-electron chi connectivity index (χ2n) is 4.85. The van der Waals surface area contributed by atoms with Crippen LogP contribution >= 0.6 is 12.4 Å². The van der Waals surface area contributed by atoms with E-state index in [1.165, 1.54) is 6.07 Å². The summed E-state index contributed by atoms with van der Waals surface area (Å²) in [5.74, 6) is -1.80. The molecule has 1 saturated heterocycles. The molecule has 0 aromatic heterocycles. The first-order valence-electron chi connectivity index (χ1n) is 6.61. The average Bonchev–Trinajstić information content (AvgIpc) is 2.40. The summed E-state index contributed by atoms with van der Waals surface area (Å²) >= 11 is 0. The molecule has 20 heavy (non-hydrogen) atoms. The van der Waals surface area contributed by atoms with Crippen molar-refractivity contribution in [3.8, 4) is 0 Å². The van der Waals surface area contributed by atoms with Crippen molar-refractivity contribution in [2.24, 2.45) is 5.92 Å². The summed E-state index contributed by atoms with van der Waals surface area (Å²) < 4.78 is 26.7. The predicted molar refractivity (Wildman–Crippen MR) is 76.1 cm³/mol. The van der Waals surface area contributed by atoms with Gasteiger partial charge in [-0.05, 0) is 50.4 Å². The molecule has 112 valence electrons. The molecule has 1 atom stereocenters. The van der Waals surface area contributed by atoms with Crippen molar-refractivity contribution in [3.05, 3.63) is 35.4 Å². The number of nitrogens with one attached hydrogen (secondary N) is 2. The van der Waals surface area contributed by atoms with Crippen LogP contribution in [0.2, 0.25) is 0 Å². The fourth-order valence-electron chi connectivity index (χ4n) is 2.36. The molecule has 3 nitrogen and oxygen atoms in total. The van der Waals surface area contributed by atoms with Crippen molar-refractivity contribution in [1.29, 1.82) is 0 Å². The van der Waals surface area contributed by atoms with E-state index in [2.05, 4.69) is 10.6 Å². The van der Waals surface area contributed by atoms with Crippen molar-refractivity contribution < 1.29 is 13.6 Å². The van der Waals surface area contributed by atoms with Crippen molar-refractivity contribution in [1.82, 2.24) is 10.6 Å². The highest BCUT2D eigenvalue weighted by molar-refractivity contribution is 5.94. The number of amides is 1. The van der Waals surface area contributed by atoms with Crippen LogP contribution in [-0.4, -0.2) is 25.5 Å². The fourth-order valence-corrected chi connectivity index (χ4v) is 2.36. The molecule has 0 aliphatic carbocycles. The molecule has 1 fully saturated rings. The lowest BCUT2D eigenvalue weighted by molar-refractivity contribution is 0.0942. The maximum atomic E-state index is 13.4. The highest BCUT2D eigenvalue weighted by Crippen LogP contribution is 2.14. The number of hydrogen-bond donors (Lipinski definition) is 2. The van der Waals surface area contributed by atoms with E-state index in [-0.39, 0.29) is 12.4 Å². The third-order valence-electron chi connectivity index (χ3n) is 3.43. The second kappa shape index (κ2) is 8.17. The maximum absolute atomic E-state index is 13.4. The van der Waals surface area contributed by atoms with Gasteiger partial charge in [-0.3, -0.25) is 4.79 Å². The van der Waals surface area contributed by atoms with Crippen LogP contribution in [0.15, 0.2) is 18.2 Å². The number of halogens is 3. The van der Waals surface area contributed by atoms with Crippen LogP contribution in [-0.2, 0) is 0 Å². The number of carbonyl (C=O) groups is 1. The molecule has 1 aromatic rings. The van der Waals surface area contributed by atoms with Gasteiger partial charge in [0.2, 0.25) is 0 Å². The summed E-state index contributed by atoms with van der Waals surface area (Å²) in [7, 11) is 0. The largest absolute Gasteiger partial charge is 0.352 e. The summed E-state index contributed by atoms with van der Waals surface area (Å²) in [4.78, 5) is 11.7. The molecule has 2 rings (SSSR count). The van der Waals surface area contributed by atoms with E-state index in [0.717, 1.165) is 44.5 Å². The molecule has 1 aromatic carbocycles. The van der Waals surface area contributed by atoms with Crippen LogP contribution in [0.3, 0.4) is 0 Å². The van der Waals surface area contributed by atoms with E-state index >= 15 is 0 Å². The van der Waals surface area contributed by atoms with E-state index in [0.29, 0.717) is 12.5 Å². The molecular weight excluding hydrogens is 286 g/mol. The average molecular weight is 305 g/mol. The van der Waals surface area contributed by atoms with Gasteiger partial charge in [0, 0.05) is 6.54 Å². The van der Waals surface area contributed by atoms with Gasteiger partial charge in [0.15, 0.2) is 0 Å². The minimum Gasteiger partial charge on any atom is -0.352 e. The molecule has 1 amide bonds. The van der Waals surface area contributed by atoms with Gasteiger partial charge in [0.1, 0.15) is 17.2 Å². The smallest absolute Gasteiger partial charge is 0.257 e. The highest BCUT2D eigenvalue weighted by atomic mass is 35.5. The van der Waals surface area contributed by atoms with Crippen LogP contribution in [0.4, 0.5) is 8.78 Å². The summed E-state index contributed by atoms with van der Waals surface area (Å²) in [6, 6.07) is 3.42. The summed E-state index contributed by atoms with van der Waals surface area (Å²) in [5, 5.41) is 5.87. The van der Waals surface area contributed by atoms with Crippen molar-refractivity contribution >= 4 is 18.3 Å². The third kappa shape index (κ3) is 4.42. The molecule has 0 saturated carbocycles. The monoisotopic (exact) mass is 304 g/mol. The minimum absolute atomic E-state index is 0. The number of carbonyl (C=O) groups excluding carboxylic acids is 1. The quantitative estimate of drug-likeness (QED) is 0.897. The lowest BCUT2D eigenvalue weighted by Crippen LogP contribution is -2.33. The number of rotatable bonds is 4. The van der Waals surface area contributed by atoms with E-state index in [1.807, 2.05) is 0 Å². The van der Waals surface area contributed by atoms with Crippen molar-refractivity contribution in [2.75, 3.05) is 19.6 Å². The van der Waals surface area contributed by atoms with Gasteiger partial charge in [0.05, 0.1) is 0 Å². The van der Waals surface area contributed by atoms with Gasteiger partial charge < -0.3 is 10.6 Å². The van der Waals surface area contributed by atoms with Crippen molar-refractivity contribution in [3.63, 3.8) is 0 Å². The topological polar surface area (TPSA) is 41.1 Å². The Bertz CT molecular complexity index is 431. The Labute approximate surface area is 123 Å². The number of piperidine rings is 1. The van der Waals surface area contributed by atoms with Crippen LogP contribution in [0, 0.1) is 17.6 Å². The first-order chi connectivity index (χ1) is 9.18. The van der Waals surface area contributed by atoms with Gasteiger partial charge in [-0.1, -0.05) is 6.07 Å². The molecule has 0 radical (unpaired) electrons. The Kier molecular flexibility index (Phi) is 6.88. The number of hydrogen-bond acceptors (Lipinski definition) is 2. The minimum atomic E-state index is -0.822.